The largest absolute Gasteiger partial charge is 0.396 e. The molecule has 2 aromatic heterocycles. The van der Waals surface area contributed by atoms with Gasteiger partial charge in [-0.25, -0.2) is 9.37 Å². The van der Waals surface area contributed by atoms with Crippen molar-refractivity contribution in [3.63, 3.8) is 0 Å². The Bertz CT molecular complexity index is 749. The zero-order chi connectivity index (χ0) is 17.6. The summed E-state index contributed by atoms with van der Waals surface area (Å²) < 4.78 is 13.8. The number of aliphatic hydroxyl groups excluding tert-OH is 1. The van der Waals surface area contributed by atoms with Gasteiger partial charge in [0, 0.05) is 31.0 Å². The van der Waals surface area contributed by atoms with E-state index < -0.39 is 6.67 Å². The topological polar surface area (TPSA) is 63.0 Å². The van der Waals surface area contributed by atoms with E-state index in [-0.39, 0.29) is 18.6 Å². The Morgan fingerprint density at radius 2 is 2.17 bits per heavy atom. The first-order valence-electron chi connectivity index (χ1n) is 7.54. The van der Waals surface area contributed by atoms with Gasteiger partial charge < -0.3 is 10.4 Å². The van der Waals surface area contributed by atoms with Crippen LogP contribution in [0.5, 0.6) is 0 Å². The van der Waals surface area contributed by atoms with E-state index in [0.717, 1.165) is 5.69 Å². The number of aryl methyl sites for hydroxylation is 1. The summed E-state index contributed by atoms with van der Waals surface area (Å²) in [7, 11) is 0. The highest BCUT2D eigenvalue weighted by Gasteiger charge is 2.16. The molecule has 0 saturated carbocycles. The highest BCUT2D eigenvalue weighted by atomic mass is 35.5. The monoisotopic (exact) mass is 350 g/mol. The Kier molecular flexibility index (Phi) is 6.18. The Morgan fingerprint density at radius 3 is 2.88 bits per heavy atom. The molecule has 0 aromatic carbocycles. The summed E-state index contributed by atoms with van der Waals surface area (Å²) in [6.07, 6.45) is 4.88. The van der Waals surface area contributed by atoms with E-state index in [1.165, 1.54) is 4.68 Å². The lowest BCUT2D eigenvalue weighted by atomic mass is 9.95. The first-order valence-corrected chi connectivity index (χ1v) is 7.92. The van der Waals surface area contributed by atoms with Crippen molar-refractivity contribution in [1.82, 2.24) is 14.8 Å². The Labute approximate surface area is 145 Å². The molecule has 5 nitrogen and oxygen atoms in total. The lowest BCUT2D eigenvalue weighted by Crippen LogP contribution is -2.27. The van der Waals surface area contributed by atoms with E-state index in [9.17, 15) is 9.50 Å². The molecule has 0 bridgehead atoms. The molecule has 0 spiro atoms. The van der Waals surface area contributed by atoms with Gasteiger partial charge in [0.15, 0.2) is 0 Å². The highest BCUT2D eigenvalue weighted by molar-refractivity contribution is 6.29. The van der Waals surface area contributed by atoms with Crippen LogP contribution in [-0.2, 0) is 6.54 Å². The number of nitrogens with zero attached hydrogens (tertiary/aromatic N) is 3. The third-order valence-corrected chi connectivity index (χ3v) is 3.55. The van der Waals surface area contributed by atoms with E-state index >= 15 is 0 Å². The summed E-state index contributed by atoms with van der Waals surface area (Å²) in [6.45, 7) is 4.28. The number of hydrogen-bond acceptors (Lipinski definition) is 4. The fourth-order valence-corrected chi connectivity index (χ4v) is 2.00. The van der Waals surface area contributed by atoms with Crippen molar-refractivity contribution >= 4 is 17.3 Å². The predicted molar refractivity (Wildman–Crippen MR) is 92.8 cm³/mol. The van der Waals surface area contributed by atoms with Gasteiger partial charge >= 0.3 is 0 Å². The van der Waals surface area contributed by atoms with Crippen molar-refractivity contribution in [2.24, 2.45) is 5.41 Å². The molecule has 2 heterocycles. The first kappa shape index (κ1) is 18.2. The average molecular weight is 351 g/mol. The summed E-state index contributed by atoms with van der Waals surface area (Å²) in [5.74, 6) is 6.01. The lowest BCUT2D eigenvalue weighted by molar-refractivity contribution is 0.171. The SMILES string of the molecule is CC(C)(CO)CNc1cc(Cl)ncc1C#Cc1cnn(CCF)c1. The molecule has 128 valence electrons. The van der Waals surface area contributed by atoms with Crippen LogP contribution in [0.4, 0.5) is 10.1 Å². The summed E-state index contributed by atoms with van der Waals surface area (Å²) in [6, 6.07) is 1.70. The summed E-state index contributed by atoms with van der Waals surface area (Å²) in [5.41, 5.74) is 1.86. The van der Waals surface area contributed by atoms with Gasteiger partial charge in [-0.2, -0.15) is 5.10 Å². The van der Waals surface area contributed by atoms with Gasteiger partial charge in [-0.05, 0) is 6.07 Å². The quantitative estimate of drug-likeness (QED) is 0.621. The van der Waals surface area contributed by atoms with E-state index in [0.29, 0.717) is 22.8 Å². The molecule has 0 amide bonds. The maximum atomic E-state index is 12.3. The zero-order valence-corrected chi connectivity index (χ0v) is 14.4. The van der Waals surface area contributed by atoms with Crippen molar-refractivity contribution in [3.8, 4) is 11.8 Å². The number of hydrogen-bond donors (Lipinski definition) is 2. The van der Waals surface area contributed by atoms with E-state index in [4.69, 9.17) is 11.6 Å². The second-order valence-electron chi connectivity index (χ2n) is 6.16. The van der Waals surface area contributed by atoms with Crippen LogP contribution in [0.15, 0.2) is 24.7 Å². The van der Waals surface area contributed by atoms with E-state index in [2.05, 4.69) is 27.2 Å². The standard InChI is InChI=1S/C17H20ClFN4O/c1-17(2,12-24)11-21-15-7-16(18)20-9-14(15)4-3-13-8-22-23(10-13)6-5-19/h7-10,24H,5-6,11-12H2,1-2H3,(H,20,21). The Morgan fingerprint density at radius 1 is 1.38 bits per heavy atom. The van der Waals surface area contributed by atoms with Crippen LogP contribution < -0.4 is 5.32 Å². The molecular formula is C17H20ClFN4O. The van der Waals surface area contributed by atoms with Crippen molar-refractivity contribution < 1.29 is 9.50 Å². The number of aromatic nitrogens is 3. The molecule has 0 aliphatic carbocycles. The molecule has 24 heavy (non-hydrogen) atoms. The van der Waals surface area contributed by atoms with Crippen LogP contribution in [0.25, 0.3) is 0 Å². The third kappa shape index (κ3) is 5.22. The van der Waals surface area contributed by atoms with Gasteiger partial charge in [0.1, 0.15) is 11.8 Å². The predicted octanol–water partition coefficient (Wildman–Crippen LogP) is 2.73. The minimum Gasteiger partial charge on any atom is -0.396 e. The maximum Gasteiger partial charge on any atom is 0.131 e. The minimum atomic E-state index is -0.468. The van der Waals surface area contributed by atoms with Gasteiger partial charge in [0.2, 0.25) is 0 Å². The second kappa shape index (κ2) is 8.13. The van der Waals surface area contributed by atoms with Gasteiger partial charge in [0.25, 0.3) is 0 Å². The van der Waals surface area contributed by atoms with Crippen LogP contribution in [0.2, 0.25) is 5.15 Å². The summed E-state index contributed by atoms with van der Waals surface area (Å²) in [4.78, 5) is 4.05. The van der Waals surface area contributed by atoms with E-state index in [1.807, 2.05) is 13.8 Å². The average Bonchev–Trinajstić information content (AvgIpc) is 3.00. The van der Waals surface area contributed by atoms with Crippen molar-refractivity contribution in [1.29, 1.82) is 0 Å². The minimum absolute atomic E-state index is 0.0631. The van der Waals surface area contributed by atoms with Crippen LogP contribution in [0.1, 0.15) is 25.0 Å². The summed E-state index contributed by atoms with van der Waals surface area (Å²) in [5, 5.41) is 17.0. The fraction of sp³-hybridized carbons (Fsp3) is 0.412. The van der Waals surface area contributed by atoms with Gasteiger partial charge in [0.05, 0.1) is 29.6 Å². The molecule has 0 aliphatic rings. The second-order valence-corrected chi connectivity index (χ2v) is 6.55. The molecule has 2 rings (SSSR count). The maximum absolute atomic E-state index is 12.3. The lowest BCUT2D eigenvalue weighted by Gasteiger charge is -2.23. The van der Waals surface area contributed by atoms with Crippen LogP contribution in [0.3, 0.4) is 0 Å². The molecule has 2 aromatic rings. The third-order valence-electron chi connectivity index (χ3n) is 3.34. The van der Waals surface area contributed by atoms with E-state index in [1.54, 1.807) is 24.7 Å². The number of anilines is 1. The molecular weight excluding hydrogens is 331 g/mol. The number of rotatable bonds is 6. The number of halogens is 2. The van der Waals surface area contributed by atoms with Crippen molar-refractivity contribution in [3.05, 3.63) is 40.9 Å². The summed E-state index contributed by atoms with van der Waals surface area (Å²) >= 11 is 5.96. The normalized spacial score (nSPS) is 11.0. The molecule has 0 atom stereocenters. The number of alkyl halides is 1. The van der Waals surface area contributed by atoms with Gasteiger partial charge in [-0.15, -0.1) is 0 Å². The molecule has 2 N–H and O–H groups in total. The molecule has 0 fully saturated rings. The number of aliphatic hydroxyl groups is 1. The van der Waals surface area contributed by atoms with Crippen LogP contribution in [-0.4, -0.2) is 39.7 Å². The van der Waals surface area contributed by atoms with Crippen molar-refractivity contribution in [2.45, 2.75) is 20.4 Å². The van der Waals surface area contributed by atoms with Crippen LogP contribution >= 0.6 is 11.6 Å². The fourth-order valence-electron chi connectivity index (χ4n) is 1.84. The Hall–Kier alpha value is -2.10. The van der Waals surface area contributed by atoms with Gasteiger partial charge in [-0.1, -0.05) is 37.3 Å². The zero-order valence-electron chi connectivity index (χ0n) is 13.7. The molecule has 0 aliphatic heterocycles. The van der Waals surface area contributed by atoms with Crippen molar-refractivity contribution in [2.75, 3.05) is 25.1 Å². The van der Waals surface area contributed by atoms with Gasteiger partial charge in [-0.3, -0.25) is 4.68 Å². The van der Waals surface area contributed by atoms with Crippen LogP contribution in [0, 0.1) is 17.3 Å². The highest BCUT2D eigenvalue weighted by Crippen LogP contribution is 2.21. The molecule has 0 saturated heterocycles. The number of pyridine rings is 1. The smallest absolute Gasteiger partial charge is 0.131 e. The Balaban J connectivity index is 2.19. The molecule has 0 unspecified atom stereocenters. The first-order chi connectivity index (χ1) is 11.4. The molecule has 0 radical (unpaired) electrons. The number of nitrogens with one attached hydrogen (secondary N) is 1. The molecule has 7 heteroatoms.